The highest BCUT2D eigenvalue weighted by molar-refractivity contribution is 9.10. The van der Waals surface area contributed by atoms with E-state index >= 15 is 4.79 Å². The highest BCUT2D eigenvalue weighted by atomic mass is 79.9. The van der Waals surface area contributed by atoms with Crippen molar-refractivity contribution in [2.75, 3.05) is 25.7 Å². The standard InChI is InChI=1S/C46H48BrN3O7Si/c1-29-43(58(4,5)37-18-16-36(55-2)17-19-37)41(25-42(52)49-27-32-12-7-6-11-31(32)23-35(49)28-51)57-46(29)38-24-33(47)15-20-39(38)50(45(46)54)26-30-10-8-13-34(22-30)48-21-9-14-40(56-3)44(48)53/h6-22,24,29,35,41,43,51H,23,25-28H2,1-5H3/t29-,35+,41+,43-,46+/m1/s1. The van der Waals surface area contributed by atoms with Crippen LogP contribution < -0.4 is 25.1 Å². The van der Waals surface area contributed by atoms with Crippen LogP contribution in [0.25, 0.3) is 5.69 Å². The summed E-state index contributed by atoms with van der Waals surface area (Å²) in [4.78, 5) is 46.8. The van der Waals surface area contributed by atoms with Gasteiger partial charge in [-0.15, -0.1) is 0 Å². The second-order valence-electron chi connectivity index (χ2n) is 16.2. The highest BCUT2D eigenvalue weighted by Crippen LogP contribution is 2.60. The van der Waals surface area contributed by atoms with Gasteiger partial charge in [0.25, 0.3) is 11.5 Å². The Morgan fingerprint density at radius 2 is 1.69 bits per heavy atom. The van der Waals surface area contributed by atoms with E-state index in [1.807, 2.05) is 72.8 Å². The van der Waals surface area contributed by atoms with Gasteiger partial charge in [-0.1, -0.05) is 89.7 Å². The van der Waals surface area contributed by atoms with Gasteiger partial charge in [0.1, 0.15) is 5.75 Å². The molecule has 10 nitrogen and oxygen atoms in total. The van der Waals surface area contributed by atoms with Gasteiger partial charge in [0, 0.05) is 34.4 Å². The normalized spacial score (nSPS) is 22.6. The number of hydrogen-bond donors (Lipinski definition) is 1. The zero-order valence-corrected chi connectivity index (χ0v) is 35.9. The van der Waals surface area contributed by atoms with Crippen molar-refractivity contribution >= 4 is 46.7 Å². The Hall–Kier alpha value is -5.01. The largest absolute Gasteiger partial charge is 0.497 e. The van der Waals surface area contributed by atoms with Gasteiger partial charge in [-0.05, 0) is 83.2 Å². The van der Waals surface area contributed by atoms with Crippen LogP contribution in [0.15, 0.2) is 119 Å². The zero-order valence-electron chi connectivity index (χ0n) is 33.4. The second-order valence-corrected chi connectivity index (χ2v) is 21.8. The van der Waals surface area contributed by atoms with E-state index in [1.54, 1.807) is 35.2 Å². The molecule has 0 unspecified atom stereocenters. The molecule has 4 heterocycles. The predicted octanol–water partition coefficient (Wildman–Crippen LogP) is 6.72. The van der Waals surface area contributed by atoms with E-state index in [9.17, 15) is 14.7 Å². The van der Waals surface area contributed by atoms with Crippen molar-refractivity contribution in [3.63, 3.8) is 0 Å². The first-order valence-corrected chi connectivity index (χ1v) is 23.5. The smallest absolute Gasteiger partial charge is 0.297 e. The summed E-state index contributed by atoms with van der Waals surface area (Å²) in [5.74, 6) is 0.383. The molecule has 300 valence electrons. The Balaban J connectivity index is 1.19. The molecule has 1 fully saturated rings. The van der Waals surface area contributed by atoms with E-state index in [4.69, 9.17) is 14.2 Å². The number of halogens is 1. The number of methoxy groups -OCH3 is 2. The summed E-state index contributed by atoms with van der Waals surface area (Å²) in [5, 5.41) is 11.7. The van der Waals surface area contributed by atoms with Crippen LogP contribution in [0.2, 0.25) is 18.6 Å². The number of hydrogen-bond acceptors (Lipinski definition) is 7. The maximum Gasteiger partial charge on any atom is 0.297 e. The molecule has 4 aromatic carbocycles. The summed E-state index contributed by atoms with van der Waals surface area (Å²) >= 11 is 3.70. The maximum atomic E-state index is 15.5. The average Bonchev–Trinajstić information content (AvgIpc) is 3.65. The van der Waals surface area contributed by atoms with Crippen molar-refractivity contribution < 1.29 is 28.9 Å². The molecule has 3 aliphatic heterocycles. The summed E-state index contributed by atoms with van der Waals surface area (Å²) in [5.41, 5.74) is 3.38. The second kappa shape index (κ2) is 15.6. The topological polar surface area (TPSA) is 111 Å². The van der Waals surface area contributed by atoms with Gasteiger partial charge in [-0.2, -0.15) is 0 Å². The molecule has 2 amide bonds. The number of anilines is 1. The lowest BCUT2D eigenvalue weighted by Crippen LogP contribution is -2.52. The molecular weight excluding hydrogens is 815 g/mol. The van der Waals surface area contributed by atoms with E-state index in [0.717, 1.165) is 38.2 Å². The van der Waals surface area contributed by atoms with Crippen molar-refractivity contribution in [2.45, 2.75) is 69.2 Å². The molecular formula is C46H48BrN3O7Si. The predicted molar refractivity (Wildman–Crippen MR) is 230 cm³/mol. The van der Waals surface area contributed by atoms with Crippen LogP contribution in [0.1, 0.15) is 35.6 Å². The molecule has 5 atom stereocenters. The molecule has 0 aliphatic carbocycles. The Morgan fingerprint density at radius 3 is 2.41 bits per heavy atom. The lowest BCUT2D eigenvalue weighted by molar-refractivity contribution is -0.151. The molecule has 1 saturated heterocycles. The number of aliphatic hydroxyl groups excluding tert-OH is 1. The number of rotatable bonds is 10. The fraction of sp³-hybridized carbons (Fsp3) is 0.326. The molecule has 0 bridgehead atoms. The molecule has 58 heavy (non-hydrogen) atoms. The first kappa shape index (κ1) is 39.8. The minimum Gasteiger partial charge on any atom is -0.497 e. The van der Waals surface area contributed by atoms with Gasteiger partial charge >= 0.3 is 0 Å². The van der Waals surface area contributed by atoms with Gasteiger partial charge in [0.15, 0.2) is 11.4 Å². The fourth-order valence-corrected chi connectivity index (χ4v) is 14.2. The van der Waals surface area contributed by atoms with Crippen LogP contribution in [0.3, 0.4) is 0 Å². The number of amides is 2. The van der Waals surface area contributed by atoms with Crippen LogP contribution in [0.4, 0.5) is 5.69 Å². The molecule has 8 rings (SSSR count). The Labute approximate surface area is 348 Å². The molecule has 0 radical (unpaired) electrons. The number of fused-ring (bicyclic) bond motifs is 3. The van der Waals surface area contributed by atoms with Crippen LogP contribution in [0, 0.1) is 5.92 Å². The molecule has 1 aromatic heterocycles. The summed E-state index contributed by atoms with van der Waals surface area (Å²) < 4.78 is 20.5. The van der Waals surface area contributed by atoms with Crippen molar-refractivity contribution in [2.24, 2.45) is 5.92 Å². The quantitative estimate of drug-likeness (QED) is 0.156. The lowest BCUT2D eigenvalue weighted by atomic mass is 9.82. The number of ether oxygens (including phenoxy) is 3. The van der Waals surface area contributed by atoms with Crippen molar-refractivity contribution in [1.29, 1.82) is 0 Å². The van der Waals surface area contributed by atoms with Crippen molar-refractivity contribution in [3.8, 4) is 17.2 Å². The number of nitrogens with zero attached hydrogens (tertiary/aromatic N) is 3. The van der Waals surface area contributed by atoms with E-state index in [0.29, 0.717) is 18.7 Å². The third-order valence-corrected chi connectivity index (χ3v) is 17.6. The average molecular weight is 863 g/mol. The number of benzene rings is 4. The van der Waals surface area contributed by atoms with E-state index in [2.05, 4.69) is 54.1 Å². The molecule has 0 saturated carbocycles. The Morgan fingerprint density at radius 1 is 0.931 bits per heavy atom. The summed E-state index contributed by atoms with van der Waals surface area (Å²) in [6, 6.07) is 32.7. The third-order valence-electron chi connectivity index (χ3n) is 12.7. The number of aliphatic hydroxyl groups is 1. The van der Waals surface area contributed by atoms with E-state index in [1.165, 1.54) is 16.9 Å². The third kappa shape index (κ3) is 6.69. The minimum atomic E-state index is -2.55. The van der Waals surface area contributed by atoms with E-state index in [-0.39, 0.29) is 60.2 Å². The number of aromatic nitrogens is 1. The van der Waals surface area contributed by atoms with Crippen LogP contribution in [-0.4, -0.2) is 67.4 Å². The van der Waals surface area contributed by atoms with Gasteiger partial charge in [0.2, 0.25) is 5.91 Å². The number of pyridine rings is 1. The number of carbonyl (C=O) groups is 2. The Kier molecular flexibility index (Phi) is 10.7. The van der Waals surface area contributed by atoms with Gasteiger partial charge in [0.05, 0.1) is 59.7 Å². The van der Waals surface area contributed by atoms with Gasteiger partial charge < -0.3 is 29.1 Å². The summed E-state index contributed by atoms with van der Waals surface area (Å²) in [6.45, 7) is 7.20. The van der Waals surface area contributed by atoms with Crippen molar-refractivity contribution in [1.82, 2.24) is 9.47 Å². The summed E-state index contributed by atoms with van der Waals surface area (Å²) in [7, 11) is 0.574. The molecule has 1 spiro atoms. The monoisotopic (exact) mass is 861 g/mol. The van der Waals surface area contributed by atoms with Crippen LogP contribution in [0.5, 0.6) is 11.5 Å². The SMILES string of the molecule is COc1ccc([Si](C)(C)[C@H]2[C@H](CC(=O)N3Cc4ccccc4C[C@H]3CO)O[C@@]3(C(=O)N(Cc4cccc(-n5cccc(OC)c5=O)c4)c4ccc(Br)cc43)[C@@H]2C)cc1. The zero-order chi connectivity index (χ0) is 40.9. The van der Waals surface area contributed by atoms with E-state index < -0.39 is 19.8 Å². The number of carbonyl (C=O) groups excluding carboxylic acids is 2. The first-order valence-electron chi connectivity index (χ1n) is 19.7. The molecule has 5 aromatic rings. The fourth-order valence-electron chi connectivity index (χ4n) is 9.79. The maximum absolute atomic E-state index is 15.5. The summed E-state index contributed by atoms with van der Waals surface area (Å²) in [6.07, 6.45) is 1.74. The Bertz CT molecular complexity index is 2440. The molecule has 1 N–H and O–H groups in total. The van der Waals surface area contributed by atoms with Crippen molar-refractivity contribution in [3.05, 3.63) is 146 Å². The lowest BCUT2D eigenvalue weighted by Gasteiger charge is -2.39. The van der Waals surface area contributed by atoms with Crippen LogP contribution in [-0.2, 0) is 39.4 Å². The molecule has 3 aliphatic rings. The van der Waals surface area contributed by atoms with Gasteiger partial charge in [-0.25, -0.2) is 0 Å². The minimum absolute atomic E-state index is 0.0654. The van der Waals surface area contributed by atoms with Gasteiger partial charge in [-0.3, -0.25) is 19.0 Å². The molecule has 12 heteroatoms. The first-order chi connectivity index (χ1) is 27.9. The van der Waals surface area contributed by atoms with Crippen LogP contribution >= 0.6 is 15.9 Å². The highest BCUT2D eigenvalue weighted by Gasteiger charge is 2.66.